The molecule has 0 radical (unpaired) electrons. The number of benzene rings is 1. The smallest absolute Gasteiger partial charge is 0.253 e. The predicted molar refractivity (Wildman–Crippen MR) is 94.0 cm³/mol. The van der Waals surface area contributed by atoms with Crippen LogP contribution in [0.2, 0.25) is 0 Å². The number of fused-ring (bicyclic) bond motifs is 1. The van der Waals surface area contributed by atoms with E-state index in [2.05, 4.69) is 0 Å². The van der Waals surface area contributed by atoms with E-state index in [1.54, 1.807) is 0 Å². The van der Waals surface area contributed by atoms with Crippen molar-refractivity contribution in [3.63, 3.8) is 0 Å². The lowest BCUT2D eigenvalue weighted by Gasteiger charge is -2.41. The summed E-state index contributed by atoms with van der Waals surface area (Å²) in [7, 11) is 0. The lowest BCUT2D eigenvalue weighted by molar-refractivity contribution is -0.117. The summed E-state index contributed by atoms with van der Waals surface area (Å²) in [6, 6.07) is 7.61. The molecule has 2 aliphatic heterocycles. The molecule has 0 spiro atoms. The van der Waals surface area contributed by atoms with Crippen molar-refractivity contribution in [2.24, 2.45) is 11.8 Å². The van der Waals surface area contributed by atoms with Crippen LogP contribution in [0.1, 0.15) is 55.3 Å². The van der Waals surface area contributed by atoms with Crippen molar-refractivity contribution >= 4 is 17.5 Å². The molecule has 3 fully saturated rings. The average Bonchev–Trinajstić information content (AvgIpc) is 3.07. The Balaban J connectivity index is 1.43. The number of anilines is 1. The third-order valence-electron chi connectivity index (χ3n) is 6.08. The molecule has 2 atom stereocenters. The van der Waals surface area contributed by atoms with E-state index in [4.69, 9.17) is 0 Å². The van der Waals surface area contributed by atoms with Crippen LogP contribution in [-0.2, 0) is 4.79 Å². The number of piperidine rings is 1. The van der Waals surface area contributed by atoms with Gasteiger partial charge in [0, 0.05) is 37.3 Å². The van der Waals surface area contributed by atoms with Crippen molar-refractivity contribution in [1.29, 1.82) is 0 Å². The highest BCUT2D eigenvalue weighted by atomic mass is 16.2. The highest BCUT2D eigenvalue weighted by Crippen LogP contribution is 2.36. The molecule has 2 saturated heterocycles. The van der Waals surface area contributed by atoms with Gasteiger partial charge >= 0.3 is 0 Å². The number of rotatable bonds is 2. The maximum atomic E-state index is 12.8. The maximum absolute atomic E-state index is 12.8. The van der Waals surface area contributed by atoms with Crippen LogP contribution in [0.15, 0.2) is 24.3 Å². The second kappa shape index (κ2) is 6.58. The second-order valence-corrected chi connectivity index (χ2v) is 7.54. The van der Waals surface area contributed by atoms with Crippen LogP contribution in [0, 0.1) is 11.8 Å². The van der Waals surface area contributed by atoms with Crippen LogP contribution in [0.4, 0.5) is 5.69 Å². The van der Waals surface area contributed by atoms with Crippen molar-refractivity contribution in [2.75, 3.05) is 24.5 Å². The van der Waals surface area contributed by atoms with Crippen LogP contribution in [-0.4, -0.2) is 36.3 Å². The number of carbonyl (C=O) groups is 2. The van der Waals surface area contributed by atoms with Crippen LogP contribution in [0.5, 0.6) is 0 Å². The predicted octanol–water partition coefficient (Wildman–Crippen LogP) is 3.47. The summed E-state index contributed by atoms with van der Waals surface area (Å²) in [5.41, 5.74) is 1.67. The fourth-order valence-corrected chi connectivity index (χ4v) is 4.67. The first-order valence-corrected chi connectivity index (χ1v) is 9.42. The van der Waals surface area contributed by atoms with Crippen molar-refractivity contribution in [3.8, 4) is 0 Å². The van der Waals surface area contributed by atoms with E-state index in [1.165, 1.54) is 25.7 Å². The molecule has 4 nitrogen and oxygen atoms in total. The van der Waals surface area contributed by atoms with E-state index in [-0.39, 0.29) is 11.8 Å². The minimum absolute atomic E-state index is 0.151. The SMILES string of the molecule is O=C(c1ccc(N2CCCC2=O)cc1)N1CC[C@@H]2CCCC[C@H]2C1. The van der Waals surface area contributed by atoms with Gasteiger partial charge in [0.15, 0.2) is 0 Å². The van der Waals surface area contributed by atoms with Gasteiger partial charge in [-0.05, 0) is 55.4 Å². The third kappa shape index (κ3) is 2.94. The molecule has 0 unspecified atom stereocenters. The fraction of sp³-hybridized carbons (Fsp3) is 0.600. The normalized spacial score (nSPS) is 27.2. The van der Waals surface area contributed by atoms with Crippen molar-refractivity contribution in [3.05, 3.63) is 29.8 Å². The van der Waals surface area contributed by atoms with Gasteiger partial charge in [0.1, 0.15) is 0 Å². The summed E-state index contributed by atoms with van der Waals surface area (Å²) in [6.45, 7) is 2.61. The van der Waals surface area contributed by atoms with Gasteiger partial charge in [0.2, 0.25) is 5.91 Å². The molecule has 0 bridgehead atoms. The highest BCUT2D eigenvalue weighted by molar-refractivity contribution is 5.97. The summed E-state index contributed by atoms with van der Waals surface area (Å²) < 4.78 is 0. The maximum Gasteiger partial charge on any atom is 0.253 e. The molecule has 3 aliphatic rings. The average molecular weight is 326 g/mol. The number of hydrogen-bond donors (Lipinski definition) is 0. The number of likely N-dealkylation sites (tertiary alicyclic amines) is 1. The topological polar surface area (TPSA) is 40.6 Å². The van der Waals surface area contributed by atoms with Crippen LogP contribution >= 0.6 is 0 Å². The quantitative estimate of drug-likeness (QED) is 0.835. The summed E-state index contributed by atoms with van der Waals surface area (Å²) >= 11 is 0. The van der Waals surface area contributed by atoms with E-state index in [0.29, 0.717) is 12.3 Å². The lowest BCUT2D eigenvalue weighted by Crippen LogP contribution is -2.44. The summed E-state index contributed by atoms with van der Waals surface area (Å²) in [6.07, 6.45) is 8.05. The highest BCUT2D eigenvalue weighted by Gasteiger charge is 2.33. The van der Waals surface area contributed by atoms with Crippen molar-refractivity contribution in [2.45, 2.75) is 44.9 Å². The Morgan fingerprint density at radius 3 is 2.38 bits per heavy atom. The molecule has 128 valence electrons. The molecule has 1 saturated carbocycles. The molecular formula is C20H26N2O2. The molecule has 0 aromatic heterocycles. The minimum Gasteiger partial charge on any atom is -0.338 e. The standard InChI is InChI=1S/C20H26N2O2/c23-19-6-3-12-22(19)18-9-7-16(8-10-18)20(24)21-13-11-15-4-1-2-5-17(15)14-21/h7-10,15,17H,1-6,11-14H2/t15-,17-/m0/s1. The molecule has 2 amide bonds. The molecule has 0 N–H and O–H groups in total. The van der Waals surface area contributed by atoms with Crippen molar-refractivity contribution in [1.82, 2.24) is 4.90 Å². The second-order valence-electron chi connectivity index (χ2n) is 7.54. The Kier molecular flexibility index (Phi) is 4.30. The number of nitrogens with zero attached hydrogens (tertiary/aromatic N) is 2. The van der Waals surface area contributed by atoms with Gasteiger partial charge in [0.25, 0.3) is 5.91 Å². The zero-order chi connectivity index (χ0) is 16.5. The molecule has 4 rings (SSSR count). The van der Waals surface area contributed by atoms with E-state index >= 15 is 0 Å². The zero-order valence-corrected chi connectivity index (χ0v) is 14.2. The van der Waals surface area contributed by atoms with E-state index < -0.39 is 0 Å². The van der Waals surface area contributed by atoms with E-state index in [0.717, 1.165) is 49.6 Å². The summed E-state index contributed by atoms with van der Waals surface area (Å²) in [5.74, 6) is 1.89. The Morgan fingerprint density at radius 1 is 0.917 bits per heavy atom. The van der Waals surface area contributed by atoms with Crippen LogP contribution < -0.4 is 4.90 Å². The Hall–Kier alpha value is -1.84. The van der Waals surface area contributed by atoms with E-state index in [1.807, 2.05) is 34.1 Å². The Morgan fingerprint density at radius 2 is 1.67 bits per heavy atom. The first-order chi connectivity index (χ1) is 11.7. The van der Waals surface area contributed by atoms with E-state index in [9.17, 15) is 9.59 Å². The monoisotopic (exact) mass is 326 g/mol. The zero-order valence-electron chi connectivity index (χ0n) is 14.2. The lowest BCUT2D eigenvalue weighted by atomic mass is 9.75. The van der Waals surface area contributed by atoms with Gasteiger partial charge in [-0.3, -0.25) is 9.59 Å². The molecule has 2 heterocycles. The fourth-order valence-electron chi connectivity index (χ4n) is 4.67. The molecule has 1 aromatic carbocycles. The molecular weight excluding hydrogens is 300 g/mol. The van der Waals surface area contributed by atoms with Crippen molar-refractivity contribution < 1.29 is 9.59 Å². The first-order valence-electron chi connectivity index (χ1n) is 9.42. The van der Waals surface area contributed by atoms with Gasteiger partial charge in [-0.15, -0.1) is 0 Å². The Labute approximate surface area is 143 Å². The summed E-state index contributed by atoms with van der Waals surface area (Å²) in [4.78, 5) is 28.5. The molecule has 1 aliphatic carbocycles. The first kappa shape index (κ1) is 15.7. The Bertz CT molecular complexity index is 625. The number of amides is 2. The van der Waals surface area contributed by atoms with Gasteiger partial charge in [-0.25, -0.2) is 0 Å². The van der Waals surface area contributed by atoms with Crippen LogP contribution in [0.3, 0.4) is 0 Å². The van der Waals surface area contributed by atoms with Gasteiger partial charge in [-0.1, -0.05) is 19.3 Å². The van der Waals surface area contributed by atoms with Crippen LogP contribution in [0.25, 0.3) is 0 Å². The molecule has 1 aromatic rings. The number of carbonyl (C=O) groups excluding carboxylic acids is 2. The minimum atomic E-state index is 0.151. The number of hydrogen-bond acceptors (Lipinski definition) is 2. The summed E-state index contributed by atoms with van der Waals surface area (Å²) in [5, 5.41) is 0. The van der Waals surface area contributed by atoms with Gasteiger partial charge in [-0.2, -0.15) is 0 Å². The molecule has 24 heavy (non-hydrogen) atoms. The largest absolute Gasteiger partial charge is 0.338 e. The van der Waals surface area contributed by atoms with Gasteiger partial charge < -0.3 is 9.80 Å². The molecule has 4 heteroatoms. The van der Waals surface area contributed by atoms with Gasteiger partial charge in [0.05, 0.1) is 0 Å². The third-order valence-corrected chi connectivity index (χ3v) is 6.08.